The van der Waals surface area contributed by atoms with Crippen LogP contribution in [-0.2, 0) is 0 Å². The zero-order valence-electron chi connectivity index (χ0n) is 12.8. The Morgan fingerprint density at radius 1 is 1.11 bits per heavy atom. The molecule has 2 fully saturated rings. The molecule has 1 heterocycles. The molecule has 0 aromatic rings. The highest BCUT2D eigenvalue weighted by atomic mass is 15.3. The molecule has 2 rings (SSSR count). The van der Waals surface area contributed by atoms with Gasteiger partial charge in [0.15, 0.2) is 0 Å². The summed E-state index contributed by atoms with van der Waals surface area (Å²) >= 11 is 0. The van der Waals surface area contributed by atoms with Gasteiger partial charge in [-0.1, -0.05) is 34.1 Å². The maximum Gasteiger partial charge on any atom is 0.0249 e. The molecule has 106 valence electrons. The molecule has 0 amide bonds. The van der Waals surface area contributed by atoms with Gasteiger partial charge in [-0.2, -0.15) is 0 Å². The van der Waals surface area contributed by atoms with Gasteiger partial charge in [0.2, 0.25) is 0 Å². The van der Waals surface area contributed by atoms with Crippen LogP contribution in [0.15, 0.2) is 0 Å². The lowest BCUT2D eigenvalue weighted by Gasteiger charge is -2.47. The normalized spacial score (nSPS) is 31.8. The van der Waals surface area contributed by atoms with Crippen LogP contribution in [0, 0.1) is 11.8 Å². The Labute approximate surface area is 114 Å². The van der Waals surface area contributed by atoms with E-state index >= 15 is 0 Å². The third kappa shape index (κ3) is 3.08. The zero-order chi connectivity index (χ0) is 13.1. The Balaban J connectivity index is 2.04. The summed E-state index contributed by atoms with van der Waals surface area (Å²) in [5.41, 5.74) is 0. The molecule has 1 saturated heterocycles. The average molecular weight is 252 g/mol. The fourth-order valence-corrected chi connectivity index (χ4v) is 3.61. The van der Waals surface area contributed by atoms with Gasteiger partial charge in [0.1, 0.15) is 0 Å². The van der Waals surface area contributed by atoms with Gasteiger partial charge in [-0.3, -0.25) is 4.90 Å². The van der Waals surface area contributed by atoms with Gasteiger partial charge < -0.3 is 5.32 Å². The van der Waals surface area contributed by atoms with Crippen molar-refractivity contribution in [1.29, 1.82) is 0 Å². The van der Waals surface area contributed by atoms with Crippen molar-refractivity contribution in [2.24, 2.45) is 11.8 Å². The molecular formula is C16H32N2. The SMILES string of the molecule is CCC(C)C1CNC(C2CC2)CN1C(CC)CC. The summed E-state index contributed by atoms with van der Waals surface area (Å²) in [5, 5.41) is 3.84. The Kier molecular flexibility index (Phi) is 5.08. The van der Waals surface area contributed by atoms with Gasteiger partial charge in [0.25, 0.3) is 0 Å². The third-order valence-corrected chi connectivity index (χ3v) is 5.33. The molecule has 0 spiro atoms. The van der Waals surface area contributed by atoms with E-state index in [1.807, 2.05) is 0 Å². The smallest absolute Gasteiger partial charge is 0.0249 e. The van der Waals surface area contributed by atoms with Gasteiger partial charge in [0.05, 0.1) is 0 Å². The van der Waals surface area contributed by atoms with Crippen LogP contribution >= 0.6 is 0 Å². The molecule has 1 N–H and O–H groups in total. The van der Waals surface area contributed by atoms with Crippen LogP contribution in [0.1, 0.15) is 59.8 Å². The largest absolute Gasteiger partial charge is 0.311 e. The molecule has 2 heteroatoms. The van der Waals surface area contributed by atoms with Crippen LogP contribution in [0.2, 0.25) is 0 Å². The van der Waals surface area contributed by atoms with E-state index < -0.39 is 0 Å². The summed E-state index contributed by atoms with van der Waals surface area (Å²) in [6, 6.07) is 2.34. The fourth-order valence-electron chi connectivity index (χ4n) is 3.61. The predicted octanol–water partition coefficient (Wildman–Crippen LogP) is 3.27. The molecule has 0 bridgehead atoms. The van der Waals surface area contributed by atoms with Crippen molar-refractivity contribution in [3.05, 3.63) is 0 Å². The van der Waals surface area contributed by atoms with Crippen LogP contribution in [-0.4, -0.2) is 36.1 Å². The second-order valence-electron chi connectivity index (χ2n) is 6.47. The van der Waals surface area contributed by atoms with E-state index in [1.54, 1.807) is 0 Å². The quantitative estimate of drug-likeness (QED) is 0.780. The van der Waals surface area contributed by atoms with E-state index in [1.165, 1.54) is 45.2 Å². The van der Waals surface area contributed by atoms with Crippen molar-refractivity contribution in [3.63, 3.8) is 0 Å². The van der Waals surface area contributed by atoms with Crippen molar-refractivity contribution in [1.82, 2.24) is 10.2 Å². The zero-order valence-corrected chi connectivity index (χ0v) is 12.8. The van der Waals surface area contributed by atoms with E-state index in [9.17, 15) is 0 Å². The highest BCUT2D eigenvalue weighted by Crippen LogP contribution is 2.36. The number of piperazine rings is 1. The second kappa shape index (κ2) is 6.38. The van der Waals surface area contributed by atoms with E-state index in [4.69, 9.17) is 0 Å². The number of hydrogen-bond donors (Lipinski definition) is 1. The summed E-state index contributed by atoms with van der Waals surface area (Å²) < 4.78 is 0. The predicted molar refractivity (Wildman–Crippen MR) is 78.8 cm³/mol. The number of nitrogens with zero attached hydrogens (tertiary/aromatic N) is 1. The molecule has 0 aromatic carbocycles. The first-order valence-corrected chi connectivity index (χ1v) is 8.20. The van der Waals surface area contributed by atoms with Crippen molar-refractivity contribution in [2.45, 2.75) is 77.9 Å². The van der Waals surface area contributed by atoms with Gasteiger partial charge in [-0.15, -0.1) is 0 Å². The Morgan fingerprint density at radius 3 is 2.28 bits per heavy atom. The highest BCUT2D eigenvalue weighted by molar-refractivity contribution is 4.97. The van der Waals surface area contributed by atoms with Crippen molar-refractivity contribution in [2.75, 3.05) is 13.1 Å². The Morgan fingerprint density at radius 2 is 1.78 bits per heavy atom. The van der Waals surface area contributed by atoms with Crippen LogP contribution in [0.3, 0.4) is 0 Å². The lowest BCUT2D eigenvalue weighted by atomic mass is 9.91. The molecule has 3 unspecified atom stereocenters. The van der Waals surface area contributed by atoms with Crippen LogP contribution in [0.4, 0.5) is 0 Å². The van der Waals surface area contributed by atoms with Crippen molar-refractivity contribution < 1.29 is 0 Å². The maximum atomic E-state index is 3.84. The maximum absolute atomic E-state index is 3.84. The van der Waals surface area contributed by atoms with E-state index in [0.717, 1.165) is 30.0 Å². The van der Waals surface area contributed by atoms with Gasteiger partial charge >= 0.3 is 0 Å². The van der Waals surface area contributed by atoms with Gasteiger partial charge in [-0.25, -0.2) is 0 Å². The van der Waals surface area contributed by atoms with E-state index in [0.29, 0.717) is 0 Å². The van der Waals surface area contributed by atoms with Crippen molar-refractivity contribution >= 4 is 0 Å². The molecule has 3 atom stereocenters. The third-order valence-electron chi connectivity index (χ3n) is 5.33. The molecule has 1 saturated carbocycles. The molecule has 1 aliphatic carbocycles. The lowest BCUT2D eigenvalue weighted by Crippen LogP contribution is -2.61. The minimum atomic E-state index is 0.759. The lowest BCUT2D eigenvalue weighted by molar-refractivity contribution is 0.0420. The summed E-state index contributed by atoms with van der Waals surface area (Å²) in [6.07, 6.45) is 6.84. The second-order valence-corrected chi connectivity index (χ2v) is 6.47. The van der Waals surface area contributed by atoms with Crippen molar-refractivity contribution in [3.8, 4) is 0 Å². The number of nitrogens with one attached hydrogen (secondary N) is 1. The molecule has 18 heavy (non-hydrogen) atoms. The summed E-state index contributed by atoms with van der Waals surface area (Å²) in [6.45, 7) is 12.0. The van der Waals surface area contributed by atoms with Crippen LogP contribution < -0.4 is 5.32 Å². The topological polar surface area (TPSA) is 15.3 Å². The molecule has 2 aliphatic rings. The molecule has 1 aliphatic heterocycles. The highest BCUT2D eigenvalue weighted by Gasteiger charge is 2.39. The first-order valence-electron chi connectivity index (χ1n) is 8.20. The number of hydrogen-bond acceptors (Lipinski definition) is 2. The van der Waals surface area contributed by atoms with Crippen LogP contribution in [0.5, 0.6) is 0 Å². The summed E-state index contributed by atoms with van der Waals surface area (Å²) in [5.74, 6) is 1.80. The van der Waals surface area contributed by atoms with E-state index in [2.05, 4.69) is 37.9 Å². The summed E-state index contributed by atoms with van der Waals surface area (Å²) in [7, 11) is 0. The van der Waals surface area contributed by atoms with Crippen LogP contribution in [0.25, 0.3) is 0 Å². The average Bonchev–Trinajstić information content (AvgIpc) is 3.23. The molecule has 2 nitrogen and oxygen atoms in total. The minimum Gasteiger partial charge on any atom is -0.311 e. The minimum absolute atomic E-state index is 0.759. The summed E-state index contributed by atoms with van der Waals surface area (Å²) in [4.78, 5) is 2.85. The molecular weight excluding hydrogens is 220 g/mol. The fraction of sp³-hybridized carbons (Fsp3) is 1.00. The standard InChI is InChI=1S/C16H32N2/c1-5-12(4)16-10-17-15(13-8-9-13)11-18(16)14(6-2)7-3/h12-17H,5-11H2,1-4H3. The monoisotopic (exact) mass is 252 g/mol. The van der Waals surface area contributed by atoms with E-state index in [-0.39, 0.29) is 0 Å². The first kappa shape index (κ1) is 14.3. The van der Waals surface area contributed by atoms with Gasteiger partial charge in [-0.05, 0) is 37.5 Å². The first-order chi connectivity index (χ1) is 8.71. The van der Waals surface area contributed by atoms with Gasteiger partial charge in [0, 0.05) is 31.2 Å². The molecule has 0 radical (unpaired) electrons. The number of rotatable bonds is 6. The molecule has 0 aromatic heterocycles. The Bertz CT molecular complexity index is 245. The Hall–Kier alpha value is -0.0800.